The molecule has 0 radical (unpaired) electrons. The predicted octanol–water partition coefficient (Wildman–Crippen LogP) is 2.91. The Morgan fingerprint density at radius 2 is 1.67 bits per heavy atom. The van der Waals surface area contributed by atoms with E-state index in [1.165, 1.54) is 24.3 Å². The SMILES string of the molecule is O=C(NCCOc1ccc(F)cc1)c1cc(F)ccc1F. The van der Waals surface area contributed by atoms with Gasteiger partial charge in [0.15, 0.2) is 0 Å². The highest BCUT2D eigenvalue weighted by Gasteiger charge is 2.12. The molecule has 0 spiro atoms. The number of amides is 1. The minimum absolute atomic E-state index is 0.103. The number of benzene rings is 2. The summed E-state index contributed by atoms with van der Waals surface area (Å²) in [5, 5.41) is 2.40. The zero-order valence-corrected chi connectivity index (χ0v) is 10.9. The molecule has 0 aliphatic heterocycles. The number of hydrogen-bond acceptors (Lipinski definition) is 2. The molecule has 0 aliphatic carbocycles. The first-order valence-electron chi connectivity index (χ1n) is 6.18. The van der Waals surface area contributed by atoms with Crippen molar-refractivity contribution in [1.29, 1.82) is 0 Å². The normalized spacial score (nSPS) is 10.2. The highest BCUT2D eigenvalue weighted by Crippen LogP contribution is 2.11. The third-order valence-electron chi connectivity index (χ3n) is 2.64. The van der Waals surface area contributed by atoms with E-state index in [4.69, 9.17) is 4.74 Å². The first kappa shape index (κ1) is 14.9. The molecule has 0 heterocycles. The quantitative estimate of drug-likeness (QED) is 0.861. The molecule has 0 bridgehead atoms. The molecular formula is C15H12F3NO2. The lowest BCUT2D eigenvalue weighted by atomic mass is 10.2. The lowest BCUT2D eigenvalue weighted by Crippen LogP contribution is -2.28. The van der Waals surface area contributed by atoms with Crippen LogP contribution in [0.5, 0.6) is 5.75 Å². The molecule has 2 rings (SSSR count). The molecule has 6 heteroatoms. The van der Waals surface area contributed by atoms with Gasteiger partial charge in [0.25, 0.3) is 5.91 Å². The topological polar surface area (TPSA) is 38.3 Å². The van der Waals surface area contributed by atoms with Gasteiger partial charge in [0.1, 0.15) is 29.8 Å². The number of ether oxygens (including phenoxy) is 1. The molecule has 0 fully saturated rings. The zero-order valence-electron chi connectivity index (χ0n) is 10.9. The van der Waals surface area contributed by atoms with E-state index in [1.54, 1.807) is 0 Å². The predicted molar refractivity (Wildman–Crippen MR) is 70.6 cm³/mol. The van der Waals surface area contributed by atoms with Crippen molar-refractivity contribution in [2.45, 2.75) is 0 Å². The van der Waals surface area contributed by atoms with Gasteiger partial charge in [-0.25, -0.2) is 13.2 Å². The minimum Gasteiger partial charge on any atom is -0.492 e. The van der Waals surface area contributed by atoms with Gasteiger partial charge in [-0.2, -0.15) is 0 Å². The van der Waals surface area contributed by atoms with Crippen molar-refractivity contribution in [1.82, 2.24) is 5.32 Å². The lowest BCUT2D eigenvalue weighted by molar-refractivity contribution is 0.0942. The van der Waals surface area contributed by atoms with Crippen LogP contribution in [0.1, 0.15) is 10.4 Å². The second-order valence-corrected chi connectivity index (χ2v) is 4.18. The van der Waals surface area contributed by atoms with Gasteiger partial charge in [-0.15, -0.1) is 0 Å². The third-order valence-corrected chi connectivity index (χ3v) is 2.64. The fourth-order valence-electron chi connectivity index (χ4n) is 1.63. The monoisotopic (exact) mass is 295 g/mol. The second kappa shape index (κ2) is 6.78. The molecule has 1 N–H and O–H groups in total. The van der Waals surface area contributed by atoms with Crippen LogP contribution in [0.2, 0.25) is 0 Å². The lowest BCUT2D eigenvalue weighted by Gasteiger charge is -2.08. The first-order valence-corrected chi connectivity index (χ1v) is 6.18. The fourth-order valence-corrected chi connectivity index (χ4v) is 1.63. The van der Waals surface area contributed by atoms with Gasteiger partial charge in [0, 0.05) is 0 Å². The summed E-state index contributed by atoms with van der Waals surface area (Å²) in [4.78, 5) is 11.7. The summed E-state index contributed by atoms with van der Waals surface area (Å²) in [6, 6.07) is 8.04. The van der Waals surface area contributed by atoms with Crippen LogP contribution in [0, 0.1) is 17.5 Å². The van der Waals surface area contributed by atoms with E-state index < -0.39 is 17.5 Å². The fraction of sp³-hybridized carbons (Fsp3) is 0.133. The van der Waals surface area contributed by atoms with Gasteiger partial charge in [0.05, 0.1) is 12.1 Å². The van der Waals surface area contributed by atoms with E-state index >= 15 is 0 Å². The number of hydrogen-bond donors (Lipinski definition) is 1. The third kappa shape index (κ3) is 4.24. The Morgan fingerprint density at radius 1 is 1.00 bits per heavy atom. The Labute approximate surface area is 119 Å². The van der Waals surface area contributed by atoms with Gasteiger partial charge >= 0.3 is 0 Å². The summed E-state index contributed by atoms with van der Waals surface area (Å²) in [5.41, 5.74) is -0.364. The molecule has 0 aromatic heterocycles. The van der Waals surface area contributed by atoms with Gasteiger partial charge in [0.2, 0.25) is 0 Å². The molecule has 0 unspecified atom stereocenters. The molecule has 1 amide bonds. The smallest absolute Gasteiger partial charge is 0.254 e. The van der Waals surface area contributed by atoms with Crippen LogP contribution in [-0.2, 0) is 0 Å². The number of carbonyl (C=O) groups is 1. The second-order valence-electron chi connectivity index (χ2n) is 4.18. The van der Waals surface area contributed by atoms with E-state index in [2.05, 4.69) is 5.32 Å². The Kier molecular flexibility index (Phi) is 4.81. The van der Waals surface area contributed by atoms with Crippen LogP contribution in [-0.4, -0.2) is 19.1 Å². The van der Waals surface area contributed by atoms with Crippen LogP contribution in [0.3, 0.4) is 0 Å². The van der Waals surface area contributed by atoms with Crippen LogP contribution >= 0.6 is 0 Å². The summed E-state index contributed by atoms with van der Waals surface area (Å²) in [5.74, 6) is -2.15. The summed E-state index contributed by atoms with van der Waals surface area (Å²) >= 11 is 0. The molecule has 0 aliphatic rings. The Bertz CT molecular complexity index is 629. The molecule has 110 valence electrons. The molecule has 21 heavy (non-hydrogen) atoms. The Balaban J connectivity index is 1.81. The standard InChI is InChI=1S/C15H12F3NO2/c16-10-1-4-12(5-2-10)21-8-7-19-15(20)13-9-11(17)3-6-14(13)18/h1-6,9H,7-8H2,(H,19,20). The number of halogens is 3. The largest absolute Gasteiger partial charge is 0.492 e. The summed E-state index contributed by atoms with van der Waals surface area (Å²) < 4.78 is 44.2. The van der Waals surface area contributed by atoms with Crippen molar-refractivity contribution in [3.8, 4) is 5.75 Å². The van der Waals surface area contributed by atoms with Crippen LogP contribution < -0.4 is 10.1 Å². The molecule has 0 saturated carbocycles. The van der Waals surface area contributed by atoms with E-state index in [0.29, 0.717) is 5.75 Å². The highest BCUT2D eigenvalue weighted by atomic mass is 19.1. The maximum atomic E-state index is 13.3. The van der Waals surface area contributed by atoms with Crippen molar-refractivity contribution >= 4 is 5.91 Å². The van der Waals surface area contributed by atoms with Crippen molar-refractivity contribution in [2.75, 3.05) is 13.2 Å². The Morgan fingerprint density at radius 3 is 2.38 bits per heavy atom. The van der Waals surface area contributed by atoms with Crippen molar-refractivity contribution < 1.29 is 22.7 Å². The van der Waals surface area contributed by atoms with Gasteiger partial charge in [-0.3, -0.25) is 4.79 Å². The minimum atomic E-state index is -0.798. The molecular weight excluding hydrogens is 283 g/mol. The van der Waals surface area contributed by atoms with Gasteiger partial charge in [-0.05, 0) is 42.5 Å². The maximum Gasteiger partial charge on any atom is 0.254 e. The van der Waals surface area contributed by atoms with Crippen LogP contribution in [0.15, 0.2) is 42.5 Å². The maximum absolute atomic E-state index is 13.3. The van der Waals surface area contributed by atoms with Crippen molar-refractivity contribution in [2.24, 2.45) is 0 Å². The van der Waals surface area contributed by atoms with Crippen LogP contribution in [0.4, 0.5) is 13.2 Å². The summed E-state index contributed by atoms with van der Waals surface area (Å²) in [6.45, 7) is 0.223. The zero-order chi connectivity index (χ0) is 15.2. The highest BCUT2D eigenvalue weighted by molar-refractivity contribution is 5.94. The van der Waals surface area contributed by atoms with E-state index in [9.17, 15) is 18.0 Å². The van der Waals surface area contributed by atoms with E-state index in [-0.39, 0.29) is 24.5 Å². The molecule has 2 aromatic rings. The molecule has 2 aromatic carbocycles. The average Bonchev–Trinajstić information content (AvgIpc) is 2.47. The van der Waals surface area contributed by atoms with Crippen LogP contribution in [0.25, 0.3) is 0 Å². The van der Waals surface area contributed by atoms with Gasteiger partial charge in [-0.1, -0.05) is 0 Å². The van der Waals surface area contributed by atoms with E-state index in [1.807, 2.05) is 0 Å². The summed E-state index contributed by atoms with van der Waals surface area (Å²) in [6.07, 6.45) is 0. The number of rotatable bonds is 5. The van der Waals surface area contributed by atoms with Crippen molar-refractivity contribution in [3.05, 3.63) is 65.5 Å². The Hall–Kier alpha value is -2.50. The average molecular weight is 295 g/mol. The number of carbonyl (C=O) groups excluding carboxylic acids is 1. The summed E-state index contributed by atoms with van der Waals surface area (Å²) in [7, 11) is 0. The van der Waals surface area contributed by atoms with Gasteiger partial charge < -0.3 is 10.1 Å². The first-order chi connectivity index (χ1) is 10.1. The molecule has 0 saturated heterocycles. The van der Waals surface area contributed by atoms with Crippen molar-refractivity contribution in [3.63, 3.8) is 0 Å². The van der Waals surface area contributed by atoms with E-state index in [0.717, 1.165) is 18.2 Å². The molecule has 3 nitrogen and oxygen atoms in total. The molecule has 0 atom stereocenters. The number of nitrogens with one attached hydrogen (secondary N) is 1.